The summed E-state index contributed by atoms with van der Waals surface area (Å²) in [5, 5.41) is 0.375. The molecule has 0 unspecified atom stereocenters. The number of imidazole rings is 1. The second-order valence-corrected chi connectivity index (χ2v) is 10.2. The van der Waals surface area contributed by atoms with Crippen LogP contribution in [0.1, 0.15) is 48.9 Å². The standard InChI is InChI=1S/C23H26ClFN4O2/c24-17-4-3-16(20(25)5-17)11-31-19-8-27(9-19)22(30)29-12-23(13-29)6-18(7-23)28-10-21(26-14-28)15-1-2-15/h3-5,10,14-15,18-19H,1-2,6-9,11-13H2. The van der Waals surface area contributed by atoms with Crippen molar-refractivity contribution in [3.63, 3.8) is 0 Å². The molecule has 0 N–H and O–H groups in total. The maximum Gasteiger partial charge on any atom is 0.320 e. The van der Waals surface area contributed by atoms with Crippen LogP contribution in [0.15, 0.2) is 30.7 Å². The molecule has 2 aliphatic carbocycles. The topological polar surface area (TPSA) is 50.6 Å². The fourth-order valence-corrected chi connectivity index (χ4v) is 5.35. The van der Waals surface area contributed by atoms with Gasteiger partial charge in [0.05, 0.1) is 37.8 Å². The van der Waals surface area contributed by atoms with E-state index in [0.29, 0.717) is 41.1 Å². The minimum atomic E-state index is -0.358. The molecule has 2 aliphatic heterocycles. The first-order valence-corrected chi connectivity index (χ1v) is 11.5. The molecule has 1 aromatic heterocycles. The lowest BCUT2D eigenvalue weighted by molar-refractivity contribution is -0.0908. The molecule has 6 rings (SSSR count). The number of benzene rings is 1. The second-order valence-electron chi connectivity index (χ2n) is 9.79. The average Bonchev–Trinajstić information content (AvgIpc) is 3.38. The van der Waals surface area contributed by atoms with Gasteiger partial charge in [-0.25, -0.2) is 14.2 Å². The van der Waals surface area contributed by atoms with E-state index in [-0.39, 0.29) is 24.6 Å². The highest BCUT2D eigenvalue weighted by Gasteiger charge is 2.55. The van der Waals surface area contributed by atoms with Crippen LogP contribution in [0.4, 0.5) is 9.18 Å². The van der Waals surface area contributed by atoms with Crippen molar-refractivity contribution in [1.82, 2.24) is 19.4 Å². The van der Waals surface area contributed by atoms with Gasteiger partial charge in [-0.2, -0.15) is 0 Å². The summed E-state index contributed by atoms with van der Waals surface area (Å²) in [6.07, 6.45) is 9.01. The largest absolute Gasteiger partial charge is 0.370 e. The zero-order valence-electron chi connectivity index (χ0n) is 17.3. The Balaban J connectivity index is 0.927. The van der Waals surface area contributed by atoms with Crippen LogP contribution in [0, 0.1) is 11.2 Å². The summed E-state index contributed by atoms with van der Waals surface area (Å²) in [5.74, 6) is 0.338. The summed E-state index contributed by atoms with van der Waals surface area (Å²) in [4.78, 5) is 21.0. The van der Waals surface area contributed by atoms with Crippen molar-refractivity contribution < 1.29 is 13.9 Å². The van der Waals surface area contributed by atoms with Crippen molar-refractivity contribution in [2.75, 3.05) is 26.2 Å². The third-order valence-electron chi connectivity index (χ3n) is 7.31. The van der Waals surface area contributed by atoms with E-state index in [0.717, 1.165) is 25.9 Å². The lowest BCUT2D eigenvalue weighted by Gasteiger charge is -2.60. The normalized spacial score (nSPS) is 22.9. The number of carbonyl (C=O) groups is 1. The Morgan fingerprint density at radius 1 is 1.23 bits per heavy atom. The van der Waals surface area contributed by atoms with Crippen LogP contribution in [0.3, 0.4) is 0 Å². The molecule has 8 heteroatoms. The van der Waals surface area contributed by atoms with Gasteiger partial charge in [0, 0.05) is 47.2 Å². The number of likely N-dealkylation sites (tertiary alicyclic amines) is 2. The van der Waals surface area contributed by atoms with Gasteiger partial charge in [0.1, 0.15) is 5.82 Å². The van der Waals surface area contributed by atoms with Crippen LogP contribution in [-0.4, -0.2) is 57.7 Å². The molecule has 0 atom stereocenters. The Morgan fingerprint density at radius 2 is 2.00 bits per heavy atom. The monoisotopic (exact) mass is 444 g/mol. The van der Waals surface area contributed by atoms with Crippen LogP contribution < -0.4 is 0 Å². The molecule has 1 spiro atoms. The number of amides is 2. The van der Waals surface area contributed by atoms with Crippen LogP contribution in [0.2, 0.25) is 5.02 Å². The maximum absolute atomic E-state index is 13.8. The third-order valence-corrected chi connectivity index (χ3v) is 7.54. The SMILES string of the molecule is O=C(N1CC(OCc2ccc(Cl)cc2F)C1)N1CC2(CC(n3cnc(C4CC4)c3)C2)C1. The van der Waals surface area contributed by atoms with Crippen LogP contribution in [0.5, 0.6) is 0 Å². The van der Waals surface area contributed by atoms with Gasteiger partial charge in [0.15, 0.2) is 0 Å². The molecule has 2 saturated carbocycles. The fraction of sp³-hybridized carbons (Fsp3) is 0.565. The Hall–Kier alpha value is -2.12. The summed E-state index contributed by atoms with van der Waals surface area (Å²) in [5.41, 5.74) is 2.04. The van der Waals surface area contributed by atoms with Gasteiger partial charge in [-0.3, -0.25) is 0 Å². The van der Waals surface area contributed by atoms with Gasteiger partial charge in [-0.15, -0.1) is 0 Å². The molecule has 31 heavy (non-hydrogen) atoms. The first-order valence-electron chi connectivity index (χ1n) is 11.1. The van der Waals surface area contributed by atoms with E-state index in [2.05, 4.69) is 15.7 Å². The quantitative estimate of drug-likeness (QED) is 0.694. The van der Waals surface area contributed by atoms with Gasteiger partial charge >= 0.3 is 6.03 Å². The Morgan fingerprint density at radius 3 is 2.71 bits per heavy atom. The van der Waals surface area contributed by atoms with E-state index in [4.69, 9.17) is 16.3 Å². The molecular weight excluding hydrogens is 419 g/mol. The van der Waals surface area contributed by atoms with Crippen molar-refractivity contribution in [3.05, 3.63) is 52.8 Å². The number of carbonyl (C=O) groups excluding carboxylic acids is 1. The fourth-order valence-electron chi connectivity index (χ4n) is 5.20. The molecule has 1 aromatic carbocycles. The van der Waals surface area contributed by atoms with Gasteiger partial charge < -0.3 is 19.1 Å². The molecule has 0 radical (unpaired) electrons. The van der Waals surface area contributed by atoms with E-state index in [1.54, 1.807) is 12.1 Å². The minimum absolute atomic E-state index is 0.0377. The first-order chi connectivity index (χ1) is 15.0. The maximum atomic E-state index is 13.8. The van der Waals surface area contributed by atoms with E-state index in [9.17, 15) is 9.18 Å². The Kier molecular flexibility index (Phi) is 4.54. The Bertz CT molecular complexity index is 1000. The van der Waals surface area contributed by atoms with Gasteiger partial charge in [-0.1, -0.05) is 17.7 Å². The smallest absolute Gasteiger partial charge is 0.320 e. The second kappa shape index (κ2) is 7.20. The van der Waals surface area contributed by atoms with E-state index in [1.165, 1.54) is 24.6 Å². The number of hydrogen-bond donors (Lipinski definition) is 0. The summed E-state index contributed by atoms with van der Waals surface area (Å²) in [6.45, 7) is 3.04. The van der Waals surface area contributed by atoms with Crippen molar-refractivity contribution in [2.24, 2.45) is 5.41 Å². The minimum Gasteiger partial charge on any atom is -0.370 e. The van der Waals surface area contributed by atoms with Crippen molar-refractivity contribution >= 4 is 17.6 Å². The van der Waals surface area contributed by atoms with Gasteiger partial charge in [-0.05, 0) is 37.8 Å². The number of nitrogens with zero attached hydrogens (tertiary/aromatic N) is 4. The van der Waals surface area contributed by atoms with Crippen LogP contribution >= 0.6 is 11.6 Å². The zero-order valence-corrected chi connectivity index (χ0v) is 18.1. The molecule has 2 saturated heterocycles. The molecule has 4 aliphatic rings. The third kappa shape index (κ3) is 3.61. The number of rotatable bonds is 5. The number of halogens is 2. The summed E-state index contributed by atoms with van der Waals surface area (Å²) < 4.78 is 21.9. The highest BCUT2D eigenvalue weighted by Crippen LogP contribution is 2.54. The molecule has 6 nitrogen and oxygen atoms in total. The molecule has 4 fully saturated rings. The zero-order chi connectivity index (χ0) is 21.2. The molecule has 3 heterocycles. The summed E-state index contributed by atoms with van der Waals surface area (Å²) in [6, 6.07) is 5.23. The number of urea groups is 1. The Labute approximate surface area is 185 Å². The molecular formula is C23H26ClFN4O2. The number of ether oxygens (including phenoxy) is 1. The van der Waals surface area contributed by atoms with E-state index >= 15 is 0 Å². The lowest BCUT2D eigenvalue weighted by Crippen LogP contribution is -2.68. The highest BCUT2D eigenvalue weighted by atomic mass is 35.5. The predicted octanol–water partition coefficient (Wildman–Crippen LogP) is 4.21. The molecule has 2 aromatic rings. The molecule has 0 bridgehead atoms. The number of aromatic nitrogens is 2. The molecule has 2 amide bonds. The predicted molar refractivity (Wildman–Crippen MR) is 113 cm³/mol. The van der Waals surface area contributed by atoms with Crippen molar-refractivity contribution in [1.29, 1.82) is 0 Å². The molecule has 164 valence electrons. The van der Waals surface area contributed by atoms with Crippen molar-refractivity contribution in [2.45, 2.75) is 50.4 Å². The van der Waals surface area contributed by atoms with Crippen molar-refractivity contribution in [3.8, 4) is 0 Å². The average molecular weight is 445 g/mol. The van der Waals surface area contributed by atoms with Gasteiger partial charge in [0.25, 0.3) is 0 Å². The van der Waals surface area contributed by atoms with Crippen LogP contribution in [0.25, 0.3) is 0 Å². The van der Waals surface area contributed by atoms with Gasteiger partial charge in [0.2, 0.25) is 0 Å². The number of hydrogen-bond acceptors (Lipinski definition) is 3. The lowest BCUT2D eigenvalue weighted by atomic mass is 9.60. The van der Waals surface area contributed by atoms with E-state index in [1.807, 2.05) is 16.1 Å². The highest BCUT2D eigenvalue weighted by molar-refractivity contribution is 6.30. The van der Waals surface area contributed by atoms with E-state index < -0.39 is 0 Å². The summed E-state index contributed by atoms with van der Waals surface area (Å²) in [7, 11) is 0. The summed E-state index contributed by atoms with van der Waals surface area (Å²) >= 11 is 5.78. The van der Waals surface area contributed by atoms with Crippen LogP contribution in [-0.2, 0) is 11.3 Å². The first kappa shape index (κ1) is 19.6.